The second-order valence-corrected chi connectivity index (χ2v) is 9.09. The second kappa shape index (κ2) is 8.47. The predicted octanol–water partition coefficient (Wildman–Crippen LogP) is 6.19. The largest absolute Gasteiger partial charge is 0.323 e. The van der Waals surface area contributed by atoms with E-state index in [0.29, 0.717) is 0 Å². The van der Waals surface area contributed by atoms with E-state index in [2.05, 4.69) is 100.0 Å². The van der Waals surface area contributed by atoms with Gasteiger partial charge in [-0.05, 0) is 92.2 Å². The maximum atomic E-state index is 13.5. The van der Waals surface area contributed by atoms with E-state index in [1.165, 1.54) is 38.6 Å². The number of benzene rings is 3. The van der Waals surface area contributed by atoms with Crippen molar-refractivity contribution in [1.82, 2.24) is 9.80 Å². The van der Waals surface area contributed by atoms with Crippen LogP contribution >= 0.6 is 0 Å². The first-order chi connectivity index (χ1) is 14.8. The molecule has 0 spiro atoms. The monoisotopic (exact) mass is 414 g/mol. The fourth-order valence-electron chi connectivity index (χ4n) is 5.21. The lowest BCUT2D eigenvalue weighted by Gasteiger charge is -2.43. The van der Waals surface area contributed by atoms with Crippen LogP contribution in [0.5, 0.6) is 0 Å². The van der Waals surface area contributed by atoms with Crippen molar-refractivity contribution >= 4 is 16.7 Å². The van der Waals surface area contributed by atoms with E-state index < -0.39 is 0 Å². The summed E-state index contributed by atoms with van der Waals surface area (Å²) < 4.78 is 0. The molecule has 0 bridgehead atoms. The normalized spacial score (nSPS) is 16.0. The summed E-state index contributed by atoms with van der Waals surface area (Å²) in [6.45, 7) is 11.7. The number of amides is 1. The zero-order valence-electron chi connectivity index (χ0n) is 19.7. The minimum atomic E-state index is 0.0654. The van der Waals surface area contributed by atoms with Crippen LogP contribution in [0.1, 0.15) is 64.5 Å². The number of hydrogen-bond donors (Lipinski definition) is 0. The number of rotatable bonds is 5. The summed E-state index contributed by atoms with van der Waals surface area (Å²) in [4.78, 5) is 18.0. The summed E-state index contributed by atoms with van der Waals surface area (Å²) in [6.07, 6.45) is 1.89. The Morgan fingerprint density at radius 2 is 1.71 bits per heavy atom. The summed E-state index contributed by atoms with van der Waals surface area (Å²) in [5.41, 5.74) is 7.19. The van der Waals surface area contributed by atoms with E-state index in [-0.39, 0.29) is 18.1 Å². The van der Waals surface area contributed by atoms with Gasteiger partial charge < -0.3 is 4.90 Å². The molecule has 3 heteroatoms. The van der Waals surface area contributed by atoms with Crippen LogP contribution in [0.15, 0.2) is 48.5 Å². The molecule has 162 valence electrons. The molecule has 3 aromatic carbocycles. The Morgan fingerprint density at radius 3 is 2.45 bits per heavy atom. The highest BCUT2D eigenvalue weighted by molar-refractivity contribution is 5.97. The van der Waals surface area contributed by atoms with Crippen molar-refractivity contribution in [3.05, 3.63) is 81.9 Å². The van der Waals surface area contributed by atoms with Crippen molar-refractivity contribution in [2.75, 3.05) is 13.6 Å². The van der Waals surface area contributed by atoms with Crippen LogP contribution in [0, 0.1) is 20.8 Å². The maximum absolute atomic E-state index is 13.5. The third-order valence-electron chi connectivity index (χ3n) is 7.25. The van der Waals surface area contributed by atoms with Gasteiger partial charge in [0.05, 0.1) is 6.17 Å². The average molecular weight is 415 g/mol. The number of fused-ring (bicyclic) bond motifs is 2. The smallest absolute Gasteiger partial charge is 0.255 e. The number of nitrogens with zero attached hydrogens (tertiary/aromatic N) is 2. The molecule has 1 amide bonds. The summed E-state index contributed by atoms with van der Waals surface area (Å²) in [7, 11) is 2.17. The molecule has 0 aliphatic carbocycles. The van der Waals surface area contributed by atoms with Gasteiger partial charge in [0.15, 0.2) is 0 Å². The van der Waals surface area contributed by atoms with Crippen LogP contribution in [-0.2, 0) is 6.42 Å². The van der Waals surface area contributed by atoms with Crippen molar-refractivity contribution in [3.8, 4) is 0 Å². The van der Waals surface area contributed by atoms with Gasteiger partial charge in [-0.3, -0.25) is 9.69 Å². The van der Waals surface area contributed by atoms with Crippen molar-refractivity contribution < 1.29 is 4.79 Å². The molecule has 0 saturated carbocycles. The van der Waals surface area contributed by atoms with Crippen LogP contribution in [0.25, 0.3) is 10.8 Å². The van der Waals surface area contributed by atoms with Crippen molar-refractivity contribution in [1.29, 1.82) is 0 Å². The van der Waals surface area contributed by atoms with Crippen LogP contribution in [-0.4, -0.2) is 35.5 Å². The van der Waals surface area contributed by atoms with E-state index in [1.807, 2.05) is 0 Å². The molecule has 0 saturated heterocycles. The first-order valence-corrected chi connectivity index (χ1v) is 11.4. The Labute approximate surface area is 186 Å². The lowest BCUT2D eigenvalue weighted by atomic mass is 9.92. The molecule has 31 heavy (non-hydrogen) atoms. The molecular formula is C28H34N2O. The fourth-order valence-corrected chi connectivity index (χ4v) is 5.21. The van der Waals surface area contributed by atoms with Crippen molar-refractivity contribution in [2.24, 2.45) is 0 Å². The average Bonchev–Trinajstić information content (AvgIpc) is 2.76. The molecular weight excluding hydrogens is 380 g/mol. The first kappa shape index (κ1) is 21.6. The lowest BCUT2D eigenvalue weighted by Crippen LogP contribution is -2.52. The minimum Gasteiger partial charge on any atom is -0.323 e. The molecule has 0 fully saturated rings. The van der Waals surface area contributed by atoms with Gasteiger partial charge in [-0.25, -0.2) is 0 Å². The van der Waals surface area contributed by atoms with Gasteiger partial charge in [-0.15, -0.1) is 0 Å². The van der Waals surface area contributed by atoms with Gasteiger partial charge in [0, 0.05) is 18.2 Å². The highest BCUT2D eigenvalue weighted by Gasteiger charge is 2.33. The van der Waals surface area contributed by atoms with Crippen LogP contribution in [0.3, 0.4) is 0 Å². The first-order valence-electron chi connectivity index (χ1n) is 11.4. The Hall–Kier alpha value is -2.65. The summed E-state index contributed by atoms with van der Waals surface area (Å²) in [6, 6.07) is 17.5. The summed E-state index contributed by atoms with van der Waals surface area (Å²) in [5.74, 6) is 0.171. The molecule has 2 atom stereocenters. The summed E-state index contributed by atoms with van der Waals surface area (Å²) in [5, 5.41) is 2.57. The fraction of sp³-hybridized carbons (Fsp3) is 0.393. The van der Waals surface area contributed by atoms with E-state index >= 15 is 0 Å². The van der Waals surface area contributed by atoms with Gasteiger partial charge >= 0.3 is 0 Å². The molecule has 1 aliphatic heterocycles. The third-order valence-corrected chi connectivity index (χ3v) is 7.25. The quantitative estimate of drug-likeness (QED) is 0.497. The van der Waals surface area contributed by atoms with Crippen LogP contribution in [0.4, 0.5) is 0 Å². The standard InChI is InChI=1S/C28H34N2O/c1-7-26(30-15-14-23-16-19(3)20(4)17-25(23)28(30)31)29(6)21(5)27-18(2)12-13-22-10-8-9-11-24(22)27/h8-13,16-17,21,26H,7,14-15H2,1-6H3. The zero-order chi connectivity index (χ0) is 22.3. The summed E-state index contributed by atoms with van der Waals surface area (Å²) >= 11 is 0. The number of carbonyl (C=O) groups excluding carboxylic acids is 1. The van der Waals surface area contributed by atoms with E-state index in [4.69, 9.17) is 0 Å². The lowest BCUT2D eigenvalue weighted by molar-refractivity contribution is 0.0236. The van der Waals surface area contributed by atoms with Crippen LogP contribution in [0.2, 0.25) is 0 Å². The van der Waals surface area contributed by atoms with Gasteiger partial charge in [0.2, 0.25) is 0 Å². The van der Waals surface area contributed by atoms with Gasteiger partial charge in [0.1, 0.15) is 0 Å². The number of carbonyl (C=O) groups is 1. The van der Waals surface area contributed by atoms with Gasteiger partial charge in [0.25, 0.3) is 5.91 Å². The van der Waals surface area contributed by atoms with Gasteiger partial charge in [-0.1, -0.05) is 49.4 Å². The molecule has 4 rings (SSSR count). The highest BCUT2D eigenvalue weighted by atomic mass is 16.2. The van der Waals surface area contributed by atoms with Crippen molar-refractivity contribution in [3.63, 3.8) is 0 Å². The molecule has 1 aliphatic rings. The Balaban J connectivity index is 1.68. The van der Waals surface area contributed by atoms with Crippen molar-refractivity contribution in [2.45, 2.75) is 59.7 Å². The Bertz CT molecular complexity index is 1130. The third kappa shape index (κ3) is 3.76. The molecule has 1 heterocycles. The van der Waals surface area contributed by atoms with E-state index in [0.717, 1.165) is 24.9 Å². The maximum Gasteiger partial charge on any atom is 0.255 e. The van der Waals surface area contributed by atoms with E-state index in [1.54, 1.807) is 0 Å². The highest BCUT2D eigenvalue weighted by Crippen LogP contribution is 2.34. The molecule has 2 unspecified atom stereocenters. The second-order valence-electron chi connectivity index (χ2n) is 9.09. The predicted molar refractivity (Wildman–Crippen MR) is 130 cm³/mol. The van der Waals surface area contributed by atoms with Gasteiger partial charge in [-0.2, -0.15) is 0 Å². The minimum absolute atomic E-state index is 0.0654. The zero-order valence-corrected chi connectivity index (χ0v) is 19.7. The Morgan fingerprint density at radius 1 is 1.00 bits per heavy atom. The molecule has 3 nitrogen and oxygen atoms in total. The number of hydrogen-bond acceptors (Lipinski definition) is 2. The topological polar surface area (TPSA) is 23.6 Å². The van der Waals surface area contributed by atoms with E-state index in [9.17, 15) is 4.79 Å². The SMILES string of the molecule is CCC(N1CCc2cc(C)c(C)cc2C1=O)N(C)C(C)c1c(C)ccc2ccccc12. The molecule has 0 radical (unpaired) electrons. The Kier molecular flexibility index (Phi) is 5.90. The molecule has 0 aromatic heterocycles. The molecule has 0 N–H and O–H groups in total. The number of aryl methyl sites for hydroxylation is 3. The van der Waals surface area contributed by atoms with Crippen LogP contribution < -0.4 is 0 Å². The molecule has 3 aromatic rings.